The fourth-order valence-corrected chi connectivity index (χ4v) is 3.52. The summed E-state index contributed by atoms with van der Waals surface area (Å²) in [6.45, 7) is 11.2. The molecule has 26 heavy (non-hydrogen) atoms. The lowest BCUT2D eigenvalue weighted by Gasteiger charge is -2.36. The topological polar surface area (TPSA) is 53.1 Å². The Labute approximate surface area is 157 Å². The van der Waals surface area contributed by atoms with E-state index < -0.39 is 11.9 Å². The second kappa shape index (κ2) is 7.54. The lowest BCUT2D eigenvalue weighted by atomic mass is 9.92. The number of anilines is 2. The highest BCUT2D eigenvalue weighted by molar-refractivity contribution is 7.80. The third kappa shape index (κ3) is 5.96. The molecule has 0 bridgehead atoms. The number of piperidine rings is 1. The highest BCUT2D eigenvalue weighted by Crippen LogP contribution is 2.32. The summed E-state index contributed by atoms with van der Waals surface area (Å²) in [6, 6.07) is 1.01. The minimum absolute atomic E-state index is 0.151. The van der Waals surface area contributed by atoms with Crippen molar-refractivity contribution < 1.29 is 13.2 Å². The molecule has 1 aromatic heterocycles. The number of thiocarbonyl (C=S) groups is 1. The molecule has 1 fully saturated rings. The van der Waals surface area contributed by atoms with E-state index in [0.717, 1.165) is 12.5 Å². The monoisotopic (exact) mass is 389 g/mol. The molecule has 2 rings (SSSR count). The molecule has 9 heteroatoms. The number of halogens is 3. The average Bonchev–Trinajstić information content (AvgIpc) is 2.42. The quantitative estimate of drug-likeness (QED) is 0.744. The maximum Gasteiger partial charge on any atom is 0.433 e. The Hall–Kier alpha value is -1.64. The zero-order chi connectivity index (χ0) is 19.7. The Balaban J connectivity index is 2.32. The predicted octanol–water partition coefficient (Wildman–Crippen LogP) is 4.06. The summed E-state index contributed by atoms with van der Waals surface area (Å²) in [5.74, 6) is 0.903. The van der Waals surface area contributed by atoms with Crippen LogP contribution in [-0.2, 0) is 6.18 Å². The van der Waals surface area contributed by atoms with E-state index in [4.69, 9.17) is 12.2 Å². The summed E-state index contributed by atoms with van der Waals surface area (Å²) in [4.78, 5) is 9.78. The van der Waals surface area contributed by atoms with Gasteiger partial charge in [-0.1, -0.05) is 13.8 Å². The van der Waals surface area contributed by atoms with Crippen molar-refractivity contribution in [2.24, 2.45) is 11.8 Å². The molecule has 2 heterocycles. The van der Waals surface area contributed by atoms with Gasteiger partial charge in [0.05, 0.1) is 0 Å². The zero-order valence-electron chi connectivity index (χ0n) is 15.7. The Morgan fingerprint density at radius 3 is 2.23 bits per heavy atom. The third-order valence-corrected chi connectivity index (χ3v) is 4.11. The number of nitrogens with one attached hydrogen (secondary N) is 2. The highest BCUT2D eigenvalue weighted by atomic mass is 32.1. The molecule has 1 saturated heterocycles. The zero-order valence-corrected chi connectivity index (χ0v) is 16.6. The first-order valence-corrected chi connectivity index (χ1v) is 9.04. The molecule has 146 valence electrons. The molecule has 1 aromatic rings. The normalized spacial score (nSPS) is 21.5. The minimum atomic E-state index is -4.56. The summed E-state index contributed by atoms with van der Waals surface area (Å²) in [5.41, 5.74) is -1.30. The van der Waals surface area contributed by atoms with Crippen LogP contribution in [0.25, 0.3) is 0 Å². The number of alkyl halides is 3. The minimum Gasteiger partial charge on any atom is -0.358 e. The molecule has 1 aliphatic heterocycles. The van der Waals surface area contributed by atoms with Crippen LogP contribution in [0.5, 0.6) is 0 Å². The van der Waals surface area contributed by atoms with E-state index in [1.165, 1.54) is 0 Å². The van der Waals surface area contributed by atoms with Gasteiger partial charge in [-0.15, -0.1) is 0 Å². The average molecular weight is 389 g/mol. The van der Waals surface area contributed by atoms with E-state index in [1.54, 1.807) is 0 Å². The second-order valence-corrected chi connectivity index (χ2v) is 8.52. The Kier molecular flexibility index (Phi) is 5.99. The van der Waals surface area contributed by atoms with Crippen molar-refractivity contribution in [3.8, 4) is 0 Å². The lowest BCUT2D eigenvalue weighted by Crippen LogP contribution is -2.43. The molecule has 2 atom stereocenters. The number of hydrogen-bond donors (Lipinski definition) is 2. The molecule has 2 N–H and O–H groups in total. The SMILES string of the molecule is C[C@@H]1C[C@H](C)CN(c2cc(C(F)(F)F)nc(NC(=S)NC(C)(C)C)n2)C1. The van der Waals surface area contributed by atoms with Gasteiger partial charge >= 0.3 is 6.18 Å². The standard InChI is InChI=1S/C17H26F3N5S/c1-10-6-11(2)9-25(8-10)13-7-12(17(18,19)20)21-14(22-13)23-15(26)24-16(3,4)5/h7,10-11H,6,8-9H2,1-5H3,(H2,21,22,23,24,26)/t10-,11+. The molecular formula is C17H26F3N5S. The molecule has 0 radical (unpaired) electrons. The Morgan fingerprint density at radius 1 is 1.15 bits per heavy atom. The van der Waals surface area contributed by atoms with Crippen LogP contribution in [-0.4, -0.2) is 33.7 Å². The van der Waals surface area contributed by atoms with Crippen LogP contribution in [0.4, 0.5) is 24.9 Å². The second-order valence-electron chi connectivity index (χ2n) is 8.11. The van der Waals surface area contributed by atoms with Gasteiger partial charge < -0.3 is 15.5 Å². The molecule has 0 amide bonds. The van der Waals surface area contributed by atoms with Crippen LogP contribution in [0.15, 0.2) is 6.07 Å². The molecule has 0 saturated carbocycles. The van der Waals surface area contributed by atoms with E-state index in [9.17, 15) is 13.2 Å². The first-order chi connectivity index (χ1) is 11.8. The van der Waals surface area contributed by atoms with Crippen LogP contribution in [0.1, 0.15) is 46.7 Å². The lowest BCUT2D eigenvalue weighted by molar-refractivity contribution is -0.141. The Bertz CT molecular complexity index is 647. The first kappa shape index (κ1) is 20.7. The summed E-state index contributed by atoms with van der Waals surface area (Å²) in [6.07, 6.45) is -3.50. The van der Waals surface area contributed by atoms with Crippen LogP contribution < -0.4 is 15.5 Å². The molecule has 0 unspecified atom stereocenters. The molecule has 0 aliphatic carbocycles. The molecule has 0 spiro atoms. The van der Waals surface area contributed by atoms with Gasteiger partial charge in [0.25, 0.3) is 0 Å². The van der Waals surface area contributed by atoms with E-state index in [0.29, 0.717) is 24.9 Å². The van der Waals surface area contributed by atoms with Crippen molar-refractivity contribution in [1.82, 2.24) is 15.3 Å². The first-order valence-electron chi connectivity index (χ1n) is 8.64. The number of rotatable bonds is 2. The van der Waals surface area contributed by atoms with E-state index in [2.05, 4.69) is 34.4 Å². The summed E-state index contributed by atoms with van der Waals surface area (Å²) >= 11 is 5.16. The summed E-state index contributed by atoms with van der Waals surface area (Å²) in [5, 5.41) is 5.85. The number of hydrogen-bond acceptors (Lipinski definition) is 4. The van der Waals surface area contributed by atoms with Gasteiger partial charge in [-0.3, -0.25) is 0 Å². The number of nitrogens with zero attached hydrogens (tertiary/aromatic N) is 3. The fraction of sp³-hybridized carbons (Fsp3) is 0.706. The molecule has 0 aromatic carbocycles. The van der Waals surface area contributed by atoms with Gasteiger partial charge in [-0.25, -0.2) is 4.98 Å². The smallest absolute Gasteiger partial charge is 0.358 e. The van der Waals surface area contributed by atoms with Crippen LogP contribution in [0.3, 0.4) is 0 Å². The van der Waals surface area contributed by atoms with Gasteiger partial charge in [0.1, 0.15) is 5.82 Å². The summed E-state index contributed by atoms with van der Waals surface area (Å²) in [7, 11) is 0. The Morgan fingerprint density at radius 2 is 1.73 bits per heavy atom. The fourth-order valence-electron chi connectivity index (χ4n) is 3.12. The molecule has 1 aliphatic rings. The van der Waals surface area contributed by atoms with E-state index >= 15 is 0 Å². The maximum absolute atomic E-state index is 13.3. The van der Waals surface area contributed by atoms with Crippen LogP contribution in [0.2, 0.25) is 0 Å². The van der Waals surface area contributed by atoms with Crippen molar-refractivity contribution >= 4 is 29.1 Å². The van der Waals surface area contributed by atoms with Gasteiger partial charge in [0.15, 0.2) is 10.8 Å². The van der Waals surface area contributed by atoms with E-state index in [1.807, 2.05) is 25.7 Å². The largest absolute Gasteiger partial charge is 0.433 e. The van der Waals surface area contributed by atoms with Crippen molar-refractivity contribution in [2.75, 3.05) is 23.3 Å². The van der Waals surface area contributed by atoms with Gasteiger partial charge in [0, 0.05) is 24.7 Å². The number of aromatic nitrogens is 2. The predicted molar refractivity (Wildman–Crippen MR) is 101 cm³/mol. The van der Waals surface area contributed by atoms with Crippen molar-refractivity contribution in [2.45, 2.75) is 52.8 Å². The van der Waals surface area contributed by atoms with Crippen LogP contribution in [0, 0.1) is 11.8 Å². The van der Waals surface area contributed by atoms with Crippen molar-refractivity contribution in [1.29, 1.82) is 0 Å². The molecule has 5 nitrogen and oxygen atoms in total. The maximum atomic E-state index is 13.3. The van der Waals surface area contributed by atoms with Gasteiger partial charge in [-0.05, 0) is 51.2 Å². The van der Waals surface area contributed by atoms with E-state index in [-0.39, 0.29) is 22.4 Å². The molecular weight excluding hydrogens is 363 g/mol. The van der Waals surface area contributed by atoms with Gasteiger partial charge in [0.2, 0.25) is 5.95 Å². The summed E-state index contributed by atoms with van der Waals surface area (Å²) < 4.78 is 39.9. The van der Waals surface area contributed by atoms with Crippen LogP contribution >= 0.6 is 12.2 Å². The van der Waals surface area contributed by atoms with Crippen molar-refractivity contribution in [3.05, 3.63) is 11.8 Å². The van der Waals surface area contributed by atoms with Gasteiger partial charge in [-0.2, -0.15) is 18.2 Å². The van der Waals surface area contributed by atoms with Crippen molar-refractivity contribution in [3.63, 3.8) is 0 Å². The highest BCUT2D eigenvalue weighted by Gasteiger charge is 2.35. The third-order valence-electron chi connectivity index (χ3n) is 3.91.